The summed E-state index contributed by atoms with van der Waals surface area (Å²) >= 11 is 1.61. The van der Waals surface area contributed by atoms with Crippen molar-refractivity contribution in [3.63, 3.8) is 0 Å². The molecule has 0 bridgehead atoms. The number of rotatable bonds is 9. The van der Waals surface area contributed by atoms with Crippen molar-refractivity contribution >= 4 is 17.2 Å². The lowest BCUT2D eigenvalue weighted by Crippen LogP contribution is -2.43. The van der Waals surface area contributed by atoms with Crippen LogP contribution in [0.25, 0.3) is 0 Å². The Morgan fingerprint density at radius 1 is 1.26 bits per heavy atom. The lowest BCUT2D eigenvalue weighted by molar-refractivity contribution is -0.133. The van der Waals surface area contributed by atoms with Crippen molar-refractivity contribution in [2.45, 2.75) is 46.8 Å². The van der Waals surface area contributed by atoms with Gasteiger partial charge >= 0.3 is 0 Å². The Morgan fingerprint density at radius 3 is 2.77 bits per heavy atom. The van der Waals surface area contributed by atoms with E-state index in [1.54, 1.807) is 11.3 Å². The predicted molar refractivity (Wildman–Crippen MR) is 122 cm³/mol. The van der Waals surface area contributed by atoms with E-state index >= 15 is 0 Å². The van der Waals surface area contributed by atoms with Crippen LogP contribution in [0.1, 0.15) is 40.2 Å². The first-order valence-electron chi connectivity index (χ1n) is 11.2. The Morgan fingerprint density at radius 2 is 2.03 bits per heavy atom. The van der Waals surface area contributed by atoms with Gasteiger partial charge in [-0.3, -0.25) is 9.69 Å². The zero-order chi connectivity index (χ0) is 21.8. The molecule has 1 saturated carbocycles. The molecule has 1 amide bonds. The number of nitrogens with zero attached hydrogens (tertiary/aromatic N) is 3. The Kier molecular flexibility index (Phi) is 7.25. The maximum atomic E-state index is 12.8. The topological polar surface area (TPSA) is 54.9 Å². The summed E-state index contributed by atoms with van der Waals surface area (Å²) in [5.41, 5.74) is 4.57. The van der Waals surface area contributed by atoms with Crippen molar-refractivity contribution in [2.75, 3.05) is 39.4 Å². The van der Waals surface area contributed by atoms with Crippen LogP contribution in [0.15, 0.2) is 17.5 Å². The van der Waals surface area contributed by atoms with E-state index in [9.17, 15) is 4.79 Å². The van der Waals surface area contributed by atoms with Gasteiger partial charge in [0.25, 0.3) is 0 Å². The number of aromatic nitrogens is 1. The summed E-state index contributed by atoms with van der Waals surface area (Å²) in [5, 5.41) is 3.01. The summed E-state index contributed by atoms with van der Waals surface area (Å²) in [6, 6.07) is 4.25. The molecule has 0 spiro atoms. The number of carbonyl (C=O) groups is 1. The van der Waals surface area contributed by atoms with Gasteiger partial charge in [0.15, 0.2) is 0 Å². The summed E-state index contributed by atoms with van der Waals surface area (Å²) in [6.45, 7) is 12.4. The number of ether oxygens (including phenoxy) is 2. The molecule has 2 fully saturated rings. The van der Waals surface area contributed by atoms with Crippen molar-refractivity contribution in [1.29, 1.82) is 0 Å². The molecular weight excluding hydrogens is 410 g/mol. The number of amides is 1. The highest BCUT2D eigenvalue weighted by atomic mass is 32.1. The van der Waals surface area contributed by atoms with Crippen LogP contribution in [0, 0.1) is 26.7 Å². The van der Waals surface area contributed by atoms with Gasteiger partial charge in [0.05, 0.1) is 25.5 Å². The molecule has 2 aromatic rings. The number of hydrogen-bond acceptors (Lipinski definition) is 6. The molecule has 0 N–H and O–H groups in total. The molecule has 2 heterocycles. The summed E-state index contributed by atoms with van der Waals surface area (Å²) in [4.78, 5) is 22.0. The lowest BCUT2D eigenvalue weighted by Gasteiger charge is -2.30. The van der Waals surface area contributed by atoms with E-state index < -0.39 is 0 Å². The average molecular weight is 444 g/mol. The number of aryl methyl sites for hydroxylation is 2. The normalized spacial score (nSPS) is 17.0. The minimum atomic E-state index is 0.221. The molecule has 1 aliphatic carbocycles. The minimum Gasteiger partial charge on any atom is -0.486 e. The highest BCUT2D eigenvalue weighted by molar-refractivity contribution is 7.09. The number of hydrogen-bond donors (Lipinski definition) is 0. The SMILES string of the molecule is Cc1cc(C)c(C)c(OCc2nc(CN(CCN3CCOCC3)C(=O)C3CC3)cs2)c1. The summed E-state index contributed by atoms with van der Waals surface area (Å²) in [5.74, 6) is 1.42. The minimum absolute atomic E-state index is 0.221. The summed E-state index contributed by atoms with van der Waals surface area (Å²) in [7, 11) is 0. The standard InChI is InChI=1S/C24H33N3O3S/c1-17-12-18(2)19(3)22(13-17)30-15-23-25-21(16-31-23)14-27(24(28)20-4-5-20)7-6-26-8-10-29-11-9-26/h12-13,16,20H,4-11,14-15H2,1-3H3. The van der Waals surface area contributed by atoms with Crippen molar-refractivity contribution in [1.82, 2.24) is 14.8 Å². The number of thiazole rings is 1. The van der Waals surface area contributed by atoms with Crippen molar-refractivity contribution < 1.29 is 14.3 Å². The molecule has 1 aromatic carbocycles. The Balaban J connectivity index is 1.35. The van der Waals surface area contributed by atoms with Crippen LogP contribution < -0.4 is 4.74 Å². The molecule has 0 atom stereocenters. The third-order valence-electron chi connectivity index (χ3n) is 6.10. The zero-order valence-corrected chi connectivity index (χ0v) is 19.7. The van der Waals surface area contributed by atoms with Gasteiger partial charge in [0, 0.05) is 37.5 Å². The van der Waals surface area contributed by atoms with Gasteiger partial charge in [-0.1, -0.05) is 6.07 Å². The summed E-state index contributed by atoms with van der Waals surface area (Å²) < 4.78 is 11.5. The lowest BCUT2D eigenvalue weighted by atomic mass is 10.1. The first kappa shape index (κ1) is 22.2. The fourth-order valence-electron chi connectivity index (χ4n) is 3.92. The molecule has 31 heavy (non-hydrogen) atoms. The quantitative estimate of drug-likeness (QED) is 0.591. The fourth-order valence-corrected chi connectivity index (χ4v) is 4.61. The Hall–Kier alpha value is -1.96. The van der Waals surface area contributed by atoms with Crippen LogP contribution in [-0.2, 0) is 22.7 Å². The van der Waals surface area contributed by atoms with Crippen LogP contribution in [0.3, 0.4) is 0 Å². The molecule has 1 saturated heterocycles. The van der Waals surface area contributed by atoms with Crippen molar-refractivity contribution in [3.8, 4) is 5.75 Å². The monoisotopic (exact) mass is 443 g/mol. The number of morpholine rings is 1. The van der Waals surface area contributed by atoms with E-state index in [1.807, 2.05) is 4.90 Å². The van der Waals surface area contributed by atoms with E-state index in [2.05, 4.69) is 43.2 Å². The van der Waals surface area contributed by atoms with E-state index in [0.717, 1.165) is 68.7 Å². The van der Waals surface area contributed by atoms with Gasteiger partial charge < -0.3 is 14.4 Å². The smallest absolute Gasteiger partial charge is 0.226 e. The van der Waals surface area contributed by atoms with E-state index in [1.165, 1.54) is 16.7 Å². The van der Waals surface area contributed by atoms with Gasteiger partial charge in [0.1, 0.15) is 17.4 Å². The highest BCUT2D eigenvalue weighted by Gasteiger charge is 2.33. The maximum absolute atomic E-state index is 12.8. The third-order valence-corrected chi connectivity index (χ3v) is 6.97. The molecule has 1 aliphatic heterocycles. The molecule has 0 unspecified atom stereocenters. The molecule has 4 rings (SSSR count). The summed E-state index contributed by atoms with van der Waals surface area (Å²) in [6.07, 6.45) is 2.05. The highest BCUT2D eigenvalue weighted by Crippen LogP contribution is 2.31. The Bertz CT molecular complexity index is 903. The predicted octanol–water partition coefficient (Wildman–Crippen LogP) is 3.72. The first-order valence-corrected chi connectivity index (χ1v) is 12.1. The van der Waals surface area contributed by atoms with Crippen LogP contribution >= 0.6 is 11.3 Å². The van der Waals surface area contributed by atoms with E-state index in [-0.39, 0.29) is 11.8 Å². The molecule has 0 radical (unpaired) electrons. The maximum Gasteiger partial charge on any atom is 0.226 e. The fraction of sp³-hybridized carbons (Fsp3) is 0.583. The third kappa shape index (κ3) is 6.05. The van der Waals surface area contributed by atoms with Crippen LogP contribution in [-0.4, -0.2) is 60.1 Å². The zero-order valence-electron chi connectivity index (χ0n) is 18.9. The largest absolute Gasteiger partial charge is 0.486 e. The van der Waals surface area contributed by atoms with Gasteiger partial charge in [-0.05, 0) is 56.4 Å². The van der Waals surface area contributed by atoms with Crippen molar-refractivity contribution in [2.24, 2.45) is 5.92 Å². The second-order valence-corrected chi connectivity index (χ2v) is 9.66. The molecule has 1 aromatic heterocycles. The van der Waals surface area contributed by atoms with E-state index in [0.29, 0.717) is 13.2 Å². The second kappa shape index (κ2) is 10.1. The van der Waals surface area contributed by atoms with Crippen LogP contribution in [0.2, 0.25) is 0 Å². The van der Waals surface area contributed by atoms with Gasteiger partial charge in [-0.2, -0.15) is 0 Å². The van der Waals surface area contributed by atoms with Crippen LogP contribution in [0.5, 0.6) is 5.75 Å². The van der Waals surface area contributed by atoms with Gasteiger partial charge in [-0.15, -0.1) is 11.3 Å². The first-order chi connectivity index (χ1) is 15.0. The molecule has 168 valence electrons. The molecule has 6 nitrogen and oxygen atoms in total. The van der Waals surface area contributed by atoms with Gasteiger partial charge in [-0.25, -0.2) is 4.98 Å². The van der Waals surface area contributed by atoms with Crippen LogP contribution in [0.4, 0.5) is 0 Å². The number of carbonyl (C=O) groups excluding carboxylic acids is 1. The van der Waals surface area contributed by atoms with E-state index in [4.69, 9.17) is 14.5 Å². The van der Waals surface area contributed by atoms with Gasteiger partial charge in [0.2, 0.25) is 5.91 Å². The average Bonchev–Trinajstić information content (AvgIpc) is 3.52. The number of benzene rings is 1. The molecule has 2 aliphatic rings. The molecule has 7 heteroatoms. The Labute approximate surface area is 189 Å². The van der Waals surface area contributed by atoms with Crippen molar-refractivity contribution in [3.05, 3.63) is 44.9 Å². The molecular formula is C24H33N3O3S. The second-order valence-electron chi connectivity index (χ2n) is 8.71.